The van der Waals surface area contributed by atoms with Crippen LogP contribution in [0.15, 0.2) is 41.1 Å². The van der Waals surface area contributed by atoms with Crippen LogP contribution in [0.4, 0.5) is 0 Å². The van der Waals surface area contributed by atoms with Crippen molar-refractivity contribution < 1.29 is 0 Å². The molecule has 0 fully saturated rings. The minimum atomic E-state index is 0.493. The van der Waals surface area contributed by atoms with Gasteiger partial charge >= 0.3 is 0 Å². The van der Waals surface area contributed by atoms with Gasteiger partial charge in [-0.2, -0.15) is 11.3 Å². The van der Waals surface area contributed by atoms with Crippen LogP contribution in [0.3, 0.4) is 0 Å². The van der Waals surface area contributed by atoms with Crippen LogP contribution in [-0.4, -0.2) is 6.54 Å². The quantitative estimate of drug-likeness (QED) is 0.769. The van der Waals surface area contributed by atoms with Crippen LogP contribution in [0, 0.1) is 6.92 Å². The summed E-state index contributed by atoms with van der Waals surface area (Å²) in [6.07, 6.45) is 3.49. The Bertz CT molecular complexity index is 459. The topological polar surface area (TPSA) is 12.0 Å². The number of nitrogens with one attached hydrogen (secondary N) is 1. The standard InChI is InChI=1S/C17H23NS/c1-3-11-18-17(16-10-12-19-13-16)9-8-15-6-4-14(2)5-7-15/h4-7,10,12-13,17-18H,3,8-9,11H2,1-2H3. The molecule has 0 saturated heterocycles. The van der Waals surface area contributed by atoms with Gasteiger partial charge in [-0.05, 0) is 60.7 Å². The van der Waals surface area contributed by atoms with Crippen LogP contribution in [0.5, 0.6) is 0 Å². The van der Waals surface area contributed by atoms with Gasteiger partial charge in [-0.1, -0.05) is 36.8 Å². The first-order valence-electron chi connectivity index (χ1n) is 7.10. The Balaban J connectivity index is 1.94. The summed E-state index contributed by atoms with van der Waals surface area (Å²) in [5.41, 5.74) is 4.21. The fourth-order valence-electron chi connectivity index (χ4n) is 2.24. The maximum Gasteiger partial charge on any atom is 0.0331 e. The Morgan fingerprint density at radius 1 is 1.16 bits per heavy atom. The summed E-state index contributed by atoms with van der Waals surface area (Å²) in [4.78, 5) is 0. The van der Waals surface area contributed by atoms with Crippen molar-refractivity contribution in [3.63, 3.8) is 0 Å². The van der Waals surface area contributed by atoms with E-state index in [0.29, 0.717) is 6.04 Å². The lowest BCUT2D eigenvalue weighted by molar-refractivity contribution is 0.500. The second kappa shape index (κ2) is 7.46. The van der Waals surface area contributed by atoms with Crippen LogP contribution in [0.25, 0.3) is 0 Å². The number of rotatable bonds is 7. The molecule has 1 N–H and O–H groups in total. The predicted octanol–water partition coefficient (Wildman–Crippen LogP) is 4.73. The molecule has 1 aromatic carbocycles. The summed E-state index contributed by atoms with van der Waals surface area (Å²) in [7, 11) is 0. The molecular formula is C17H23NS. The van der Waals surface area contributed by atoms with E-state index >= 15 is 0 Å². The molecule has 0 amide bonds. The number of hydrogen-bond acceptors (Lipinski definition) is 2. The molecule has 19 heavy (non-hydrogen) atoms. The smallest absolute Gasteiger partial charge is 0.0331 e. The van der Waals surface area contributed by atoms with Gasteiger partial charge in [-0.15, -0.1) is 0 Å². The Hall–Kier alpha value is -1.12. The lowest BCUT2D eigenvalue weighted by Crippen LogP contribution is -2.22. The van der Waals surface area contributed by atoms with Gasteiger partial charge in [0.05, 0.1) is 0 Å². The Morgan fingerprint density at radius 2 is 1.95 bits per heavy atom. The van der Waals surface area contributed by atoms with Gasteiger partial charge in [0.25, 0.3) is 0 Å². The van der Waals surface area contributed by atoms with E-state index in [-0.39, 0.29) is 0 Å². The zero-order chi connectivity index (χ0) is 13.5. The average molecular weight is 273 g/mol. The minimum Gasteiger partial charge on any atom is -0.310 e. The van der Waals surface area contributed by atoms with Crippen molar-refractivity contribution in [2.24, 2.45) is 0 Å². The third-order valence-corrected chi connectivity index (χ3v) is 4.13. The van der Waals surface area contributed by atoms with Gasteiger partial charge in [0, 0.05) is 6.04 Å². The number of thiophene rings is 1. The second-order valence-corrected chi connectivity index (χ2v) is 5.87. The average Bonchev–Trinajstić information content (AvgIpc) is 2.95. The van der Waals surface area contributed by atoms with E-state index < -0.39 is 0 Å². The zero-order valence-electron chi connectivity index (χ0n) is 11.9. The van der Waals surface area contributed by atoms with E-state index in [2.05, 4.69) is 60.3 Å². The maximum absolute atomic E-state index is 3.66. The minimum absolute atomic E-state index is 0.493. The molecule has 0 bridgehead atoms. The molecule has 0 aliphatic rings. The van der Waals surface area contributed by atoms with E-state index in [4.69, 9.17) is 0 Å². The van der Waals surface area contributed by atoms with Gasteiger partial charge in [0.1, 0.15) is 0 Å². The molecule has 1 nitrogen and oxygen atoms in total. The monoisotopic (exact) mass is 273 g/mol. The first-order chi connectivity index (χ1) is 9.29. The lowest BCUT2D eigenvalue weighted by Gasteiger charge is -2.17. The summed E-state index contributed by atoms with van der Waals surface area (Å²) in [5.74, 6) is 0. The third-order valence-electron chi connectivity index (χ3n) is 3.43. The van der Waals surface area contributed by atoms with Crippen LogP contribution in [-0.2, 0) is 6.42 Å². The fraction of sp³-hybridized carbons (Fsp3) is 0.412. The predicted molar refractivity (Wildman–Crippen MR) is 84.9 cm³/mol. The van der Waals surface area contributed by atoms with E-state index in [1.54, 1.807) is 11.3 Å². The number of hydrogen-bond donors (Lipinski definition) is 1. The summed E-state index contributed by atoms with van der Waals surface area (Å²) in [6.45, 7) is 5.45. The van der Waals surface area contributed by atoms with E-state index in [1.807, 2.05) is 0 Å². The van der Waals surface area contributed by atoms with Crippen LogP contribution >= 0.6 is 11.3 Å². The molecule has 0 aliphatic heterocycles. The SMILES string of the molecule is CCCNC(CCc1ccc(C)cc1)c1ccsc1. The molecule has 1 unspecified atom stereocenters. The summed E-state index contributed by atoms with van der Waals surface area (Å²) in [5, 5.41) is 8.09. The number of aryl methyl sites for hydroxylation is 2. The molecule has 1 atom stereocenters. The first kappa shape index (κ1) is 14.3. The highest BCUT2D eigenvalue weighted by Crippen LogP contribution is 2.21. The molecule has 1 aromatic heterocycles. The second-order valence-electron chi connectivity index (χ2n) is 5.09. The largest absolute Gasteiger partial charge is 0.310 e. The van der Waals surface area contributed by atoms with Crippen molar-refractivity contribution in [2.45, 2.75) is 39.2 Å². The normalized spacial score (nSPS) is 12.5. The van der Waals surface area contributed by atoms with Crippen LogP contribution < -0.4 is 5.32 Å². The Labute approximate surface area is 120 Å². The lowest BCUT2D eigenvalue weighted by atomic mass is 10.0. The van der Waals surface area contributed by atoms with Gasteiger partial charge in [-0.25, -0.2) is 0 Å². The molecule has 2 aromatic rings. The van der Waals surface area contributed by atoms with Crippen molar-refractivity contribution in [2.75, 3.05) is 6.54 Å². The summed E-state index contributed by atoms with van der Waals surface area (Å²) >= 11 is 1.79. The van der Waals surface area contributed by atoms with E-state index in [9.17, 15) is 0 Å². The molecular weight excluding hydrogens is 250 g/mol. The zero-order valence-corrected chi connectivity index (χ0v) is 12.7. The molecule has 102 valence electrons. The molecule has 0 saturated carbocycles. The Morgan fingerprint density at radius 3 is 2.58 bits per heavy atom. The molecule has 2 heteroatoms. The van der Waals surface area contributed by atoms with Gasteiger partial charge in [0.15, 0.2) is 0 Å². The summed E-state index contributed by atoms with van der Waals surface area (Å²) < 4.78 is 0. The van der Waals surface area contributed by atoms with E-state index in [1.165, 1.54) is 29.5 Å². The van der Waals surface area contributed by atoms with Crippen molar-refractivity contribution in [3.8, 4) is 0 Å². The molecule has 1 heterocycles. The summed E-state index contributed by atoms with van der Waals surface area (Å²) in [6, 6.07) is 11.6. The number of benzene rings is 1. The molecule has 2 rings (SSSR count). The Kier molecular flexibility index (Phi) is 5.62. The van der Waals surface area contributed by atoms with Crippen molar-refractivity contribution in [1.29, 1.82) is 0 Å². The highest BCUT2D eigenvalue weighted by molar-refractivity contribution is 7.07. The molecule has 0 aliphatic carbocycles. The molecule has 0 spiro atoms. The van der Waals surface area contributed by atoms with Gasteiger partial charge < -0.3 is 5.32 Å². The highest BCUT2D eigenvalue weighted by Gasteiger charge is 2.10. The maximum atomic E-state index is 3.66. The first-order valence-corrected chi connectivity index (χ1v) is 8.05. The third kappa shape index (κ3) is 4.48. The van der Waals surface area contributed by atoms with Crippen LogP contribution in [0.2, 0.25) is 0 Å². The highest BCUT2D eigenvalue weighted by atomic mass is 32.1. The van der Waals surface area contributed by atoms with Crippen LogP contribution in [0.1, 0.15) is 42.5 Å². The van der Waals surface area contributed by atoms with E-state index in [0.717, 1.165) is 13.0 Å². The van der Waals surface area contributed by atoms with Crippen molar-refractivity contribution in [3.05, 3.63) is 57.8 Å². The van der Waals surface area contributed by atoms with Crippen molar-refractivity contribution >= 4 is 11.3 Å². The van der Waals surface area contributed by atoms with Gasteiger partial charge in [-0.3, -0.25) is 0 Å². The fourth-order valence-corrected chi connectivity index (χ4v) is 2.96. The molecule has 0 radical (unpaired) electrons. The van der Waals surface area contributed by atoms with Crippen molar-refractivity contribution in [1.82, 2.24) is 5.32 Å². The van der Waals surface area contributed by atoms with Gasteiger partial charge in [0.2, 0.25) is 0 Å².